The van der Waals surface area contributed by atoms with E-state index in [4.69, 9.17) is 13.6 Å². The van der Waals surface area contributed by atoms with Gasteiger partial charge in [0.1, 0.15) is 11.5 Å². The summed E-state index contributed by atoms with van der Waals surface area (Å²) in [6, 6.07) is 14.8. The first-order valence-electron chi connectivity index (χ1n) is 8.02. The van der Waals surface area contributed by atoms with Gasteiger partial charge in [-0.15, -0.1) is 0 Å². The molecule has 0 spiro atoms. The predicted molar refractivity (Wildman–Crippen MR) is 93.3 cm³/mol. The van der Waals surface area contributed by atoms with Gasteiger partial charge in [-0.1, -0.05) is 12.1 Å². The topological polar surface area (TPSA) is 76.6 Å². The molecule has 2 aromatic heterocycles. The zero-order chi connectivity index (χ0) is 17.5. The molecule has 130 valence electrons. The van der Waals surface area contributed by atoms with Gasteiger partial charge in [-0.25, -0.2) is 4.79 Å². The fourth-order valence-corrected chi connectivity index (χ4v) is 2.37. The van der Waals surface area contributed by atoms with Crippen LogP contribution in [0.2, 0.25) is 0 Å². The second kappa shape index (κ2) is 8.10. The van der Waals surface area contributed by atoms with E-state index in [1.807, 2.05) is 42.5 Å². The van der Waals surface area contributed by atoms with Crippen LogP contribution in [0.3, 0.4) is 0 Å². The van der Waals surface area contributed by atoms with E-state index < -0.39 is 0 Å². The monoisotopic (exact) mass is 340 g/mol. The minimum atomic E-state index is -0.232. The maximum atomic E-state index is 11.8. The van der Waals surface area contributed by atoms with Crippen LogP contribution in [0, 0.1) is 0 Å². The zero-order valence-corrected chi connectivity index (χ0v) is 14.0. The van der Waals surface area contributed by atoms with Gasteiger partial charge in [0.2, 0.25) is 0 Å². The Morgan fingerprint density at radius 2 is 1.88 bits per heavy atom. The molecule has 3 aromatic rings. The number of furan rings is 2. The lowest BCUT2D eigenvalue weighted by Crippen LogP contribution is -2.36. The minimum Gasteiger partial charge on any atom is -0.497 e. The average molecular weight is 340 g/mol. The van der Waals surface area contributed by atoms with E-state index in [-0.39, 0.29) is 6.03 Å². The van der Waals surface area contributed by atoms with Gasteiger partial charge in [0.25, 0.3) is 0 Å². The van der Waals surface area contributed by atoms with Crippen molar-refractivity contribution >= 4 is 6.03 Å². The second-order valence-corrected chi connectivity index (χ2v) is 5.45. The van der Waals surface area contributed by atoms with E-state index in [0.717, 1.165) is 17.7 Å². The Labute approximate surface area is 145 Å². The van der Waals surface area contributed by atoms with E-state index in [1.54, 1.807) is 19.4 Å². The number of urea groups is 1. The Hall–Kier alpha value is -3.15. The highest BCUT2D eigenvalue weighted by atomic mass is 16.5. The van der Waals surface area contributed by atoms with Crippen molar-refractivity contribution in [2.45, 2.75) is 13.0 Å². The summed E-state index contributed by atoms with van der Waals surface area (Å²) in [4.78, 5) is 11.8. The van der Waals surface area contributed by atoms with Gasteiger partial charge < -0.3 is 24.2 Å². The van der Waals surface area contributed by atoms with Crippen LogP contribution in [0.4, 0.5) is 4.79 Å². The van der Waals surface area contributed by atoms with Crippen LogP contribution in [0.1, 0.15) is 11.3 Å². The molecule has 1 aromatic carbocycles. The Morgan fingerprint density at radius 1 is 1.04 bits per heavy atom. The fraction of sp³-hybridized carbons (Fsp3) is 0.211. The lowest BCUT2D eigenvalue weighted by atomic mass is 10.1. The van der Waals surface area contributed by atoms with Crippen LogP contribution in [0.25, 0.3) is 11.5 Å². The maximum absolute atomic E-state index is 11.8. The average Bonchev–Trinajstić information content (AvgIpc) is 3.32. The molecular weight excluding hydrogens is 320 g/mol. The zero-order valence-electron chi connectivity index (χ0n) is 14.0. The lowest BCUT2D eigenvalue weighted by molar-refractivity contribution is 0.239. The highest BCUT2D eigenvalue weighted by Crippen LogP contribution is 2.22. The van der Waals surface area contributed by atoms with Gasteiger partial charge in [0.05, 0.1) is 19.9 Å². The summed E-state index contributed by atoms with van der Waals surface area (Å²) in [5, 5.41) is 5.59. The van der Waals surface area contributed by atoms with Gasteiger partial charge in [0, 0.05) is 6.54 Å². The van der Waals surface area contributed by atoms with Gasteiger partial charge in [0.15, 0.2) is 11.5 Å². The number of methoxy groups -OCH3 is 1. The molecule has 2 amide bonds. The molecule has 6 heteroatoms. The molecule has 3 rings (SSSR count). The van der Waals surface area contributed by atoms with E-state index in [1.165, 1.54) is 0 Å². The molecule has 0 aliphatic carbocycles. The van der Waals surface area contributed by atoms with E-state index in [2.05, 4.69) is 10.6 Å². The molecule has 6 nitrogen and oxygen atoms in total. The molecule has 0 bridgehead atoms. The number of hydrogen-bond acceptors (Lipinski definition) is 4. The smallest absolute Gasteiger partial charge is 0.315 e. The van der Waals surface area contributed by atoms with Crippen molar-refractivity contribution < 1.29 is 18.4 Å². The molecule has 0 radical (unpaired) electrons. The number of nitrogens with one attached hydrogen (secondary N) is 2. The first kappa shape index (κ1) is 16.7. The summed E-state index contributed by atoms with van der Waals surface area (Å²) in [5.41, 5.74) is 1.13. The quantitative estimate of drug-likeness (QED) is 0.689. The van der Waals surface area contributed by atoms with Crippen LogP contribution in [-0.4, -0.2) is 19.7 Å². The third-order valence-corrected chi connectivity index (χ3v) is 3.71. The van der Waals surface area contributed by atoms with Crippen LogP contribution < -0.4 is 15.4 Å². The van der Waals surface area contributed by atoms with Gasteiger partial charge in [-0.05, 0) is 48.4 Å². The molecular formula is C19H20N2O4. The molecule has 0 fully saturated rings. The van der Waals surface area contributed by atoms with Crippen LogP contribution in [0.5, 0.6) is 5.75 Å². The Bertz CT molecular complexity index is 791. The molecule has 0 aliphatic heterocycles. The van der Waals surface area contributed by atoms with Crippen molar-refractivity contribution in [3.05, 3.63) is 66.1 Å². The number of carbonyl (C=O) groups excluding carboxylic acids is 1. The van der Waals surface area contributed by atoms with Crippen molar-refractivity contribution in [3.63, 3.8) is 0 Å². The standard InChI is InChI=1S/C19H20N2O4/c1-23-15-6-4-14(5-7-15)10-11-20-19(22)21-13-16-8-9-18(25-16)17-3-2-12-24-17/h2-9,12H,10-11,13H2,1H3,(H2,20,21,22). The van der Waals surface area contributed by atoms with Gasteiger partial charge >= 0.3 is 6.03 Å². The largest absolute Gasteiger partial charge is 0.497 e. The number of benzene rings is 1. The SMILES string of the molecule is COc1ccc(CCNC(=O)NCc2ccc(-c3ccco3)o2)cc1. The first-order valence-corrected chi connectivity index (χ1v) is 8.02. The van der Waals surface area contributed by atoms with E-state index in [9.17, 15) is 4.79 Å². The van der Waals surface area contributed by atoms with E-state index >= 15 is 0 Å². The van der Waals surface area contributed by atoms with Crippen molar-refractivity contribution in [3.8, 4) is 17.3 Å². The van der Waals surface area contributed by atoms with Crippen LogP contribution in [0.15, 0.2) is 63.6 Å². The molecule has 0 saturated heterocycles. The highest BCUT2D eigenvalue weighted by molar-refractivity contribution is 5.73. The van der Waals surface area contributed by atoms with Crippen molar-refractivity contribution in [2.24, 2.45) is 0 Å². The normalized spacial score (nSPS) is 10.4. The number of rotatable bonds is 7. The van der Waals surface area contributed by atoms with Gasteiger partial charge in [-0.2, -0.15) is 0 Å². The minimum absolute atomic E-state index is 0.232. The van der Waals surface area contributed by atoms with Crippen LogP contribution >= 0.6 is 0 Å². The summed E-state index contributed by atoms with van der Waals surface area (Å²) in [7, 11) is 1.64. The number of amides is 2. The second-order valence-electron chi connectivity index (χ2n) is 5.45. The number of carbonyl (C=O) groups is 1. The molecule has 0 unspecified atom stereocenters. The Morgan fingerprint density at radius 3 is 2.60 bits per heavy atom. The predicted octanol–water partition coefficient (Wildman–Crippen LogP) is 3.59. The third kappa shape index (κ3) is 4.67. The highest BCUT2D eigenvalue weighted by Gasteiger charge is 2.08. The molecule has 2 heterocycles. The molecule has 0 aliphatic rings. The summed E-state index contributed by atoms with van der Waals surface area (Å²) in [6.07, 6.45) is 2.34. The lowest BCUT2D eigenvalue weighted by Gasteiger charge is -2.07. The van der Waals surface area contributed by atoms with Crippen LogP contribution in [-0.2, 0) is 13.0 Å². The summed E-state index contributed by atoms with van der Waals surface area (Å²) in [5.74, 6) is 2.79. The van der Waals surface area contributed by atoms with Crippen molar-refractivity contribution in [1.82, 2.24) is 10.6 Å². The molecule has 0 atom stereocenters. The molecule has 0 saturated carbocycles. The first-order chi connectivity index (χ1) is 12.2. The number of hydrogen-bond donors (Lipinski definition) is 2. The van der Waals surface area contributed by atoms with Crippen molar-refractivity contribution in [1.29, 1.82) is 0 Å². The van der Waals surface area contributed by atoms with E-state index in [0.29, 0.717) is 30.4 Å². The summed E-state index contributed by atoms with van der Waals surface area (Å²) < 4.78 is 16.0. The third-order valence-electron chi connectivity index (χ3n) is 3.71. The maximum Gasteiger partial charge on any atom is 0.315 e. The Kier molecular flexibility index (Phi) is 5.41. The molecule has 2 N–H and O–H groups in total. The van der Waals surface area contributed by atoms with Crippen molar-refractivity contribution in [2.75, 3.05) is 13.7 Å². The summed E-state index contributed by atoms with van der Waals surface area (Å²) in [6.45, 7) is 0.864. The number of ether oxygens (including phenoxy) is 1. The fourth-order valence-electron chi connectivity index (χ4n) is 2.37. The Balaban J connectivity index is 1.39. The van der Waals surface area contributed by atoms with Gasteiger partial charge in [-0.3, -0.25) is 0 Å². The summed E-state index contributed by atoms with van der Waals surface area (Å²) >= 11 is 0. The molecule has 25 heavy (non-hydrogen) atoms.